The van der Waals surface area contributed by atoms with E-state index in [1.54, 1.807) is 19.4 Å². The monoisotopic (exact) mass is 386 g/mol. The van der Waals surface area contributed by atoms with Gasteiger partial charge in [0, 0.05) is 26.0 Å². The first-order valence-corrected chi connectivity index (χ1v) is 8.42. The maximum atomic E-state index is 12.6. The van der Waals surface area contributed by atoms with Crippen molar-refractivity contribution in [2.45, 2.75) is 12.7 Å². The van der Waals surface area contributed by atoms with Crippen LogP contribution in [0.5, 0.6) is 5.75 Å². The largest absolute Gasteiger partial charge is 0.416 e. The lowest BCUT2D eigenvalue weighted by molar-refractivity contribution is -0.137. The number of rotatable bonds is 4. The van der Waals surface area contributed by atoms with E-state index in [0.717, 1.165) is 41.0 Å². The van der Waals surface area contributed by atoms with Gasteiger partial charge in [0.15, 0.2) is 0 Å². The predicted molar refractivity (Wildman–Crippen MR) is 98.6 cm³/mol. The molecule has 4 nitrogen and oxygen atoms in total. The summed E-state index contributed by atoms with van der Waals surface area (Å²) in [7, 11) is 1.56. The number of aromatic nitrogens is 1. The van der Waals surface area contributed by atoms with E-state index < -0.39 is 17.8 Å². The van der Waals surface area contributed by atoms with Gasteiger partial charge in [0.05, 0.1) is 5.56 Å². The van der Waals surface area contributed by atoms with E-state index in [1.165, 1.54) is 4.90 Å². The number of amides is 1. The lowest BCUT2D eigenvalue weighted by Gasteiger charge is -2.17. The number of carbonyl (C=O) groups excluding carboxylic acids is 1. The highest BCUT2D eigenvalue weighted by Gasteiger charge is 2.30. The topological polar surface area (TPSA) is 42.4 Å². The summed E-state index contributed by atoms with van der Waals surface area (Å²) in [6, 6.07) is 15.5. The molecule has 144 valence electrons. The van der Waals surface area contributed by atoms with Gasteiger partial charge >= 0.3 is 12.3 Å². The average molecular weight is 386 g/mol. The first kappa shape index (κ1) is 19.4. The molecule has 0 radical (unpaired) electrons. The zero-order valence-electron chi connectivity index (χ0n) is 15.0. The van der Waals surface area contributed by atoms with Gasteiger partial charge in [-0.3, -0.25) is 4.98 Å². The Hall–Kier alpha value is -3.35. The van der Waals surface area contributed by atoms with Gasteiger partial charge in [0.1, 0.15) is 5.75 Å². The fraction of sp³-hybridized carbons (Fsp3) is 0.143. The van der Waals surface area contributed by atoms with Gasteiger partial charge in [-0.25, -0.2) is 4.79 Å². The summed E-state index contributed by atoms with van der Waals surface area (Å²) in [4.78, 5) is 17.6. The van der Waals surface area contributed by atoms with Crippen LogP contribution in [0, 0.1) is 0 Å². The molecule has 28 heavy (non-hydrogen) atoms. The van der Waals surface area contributed by atoms with Gasteiger partial charge in [-0.1, -0.05) is 18.2 Å². The van der Waals surface area contributed by atoms with Crippen molar-refractivity contribution in [1.29, 1.82) is 0 Å². The molecule has 0 bridgehead atoms. The van der Waals surface area contributed by atoms with Crippen LogP contribution in [0.25, 0.3) is 11.1 Å². The molecule has 3 rings (SSSR count). The van der Waals surface area contributed by atoms with Crippen LogP contribution < -0.4 is 4.74 Å². The lowest BCUT2D eigenvalue weighted by atomic mass is 10.0. The van der Waals surface area contributed by atoms with Crippen molar-refractivity contribution in [3.05, 3.63) is 84.2 Å². The predicted octanol–water partition coefficient (Wildman–Crippen LogP) is 5.40. The van der Waals surface area contributed by atoms with E-state index in [0.29, 0.717) is 6.54 Å². The molecule has 0 N–H and O–H groups in total. The summed E-state index contributed by atoms with van der Waals surface area (Å²) in [6.45, 7) is 0.290. The molecule has 0 spiro atoms. The summed E-state index contributed by atoms with van der Waals surface area (Å²) in [5.41, 5.74) is 2.09. The maximum absolute atomic E-state index is 12.6. The molecule has 1 amide bonds. The summed E-state index contributed by atoms with van der Waals surface area (Å²) in [5.74, 6) is 0.0513. The van der Waals surface area contributed by atoms with Crippen molar-refractivity contribution >= 4 is 6.09 Å². The molecule has 1 heterocycles. The van der Waals surface area contributed by atoms with Crippen LogP contribution in [-0.4, -0.2) is 23.0 Å². The van der Waals surface area contributed by atoms with Crippen molar-refractivity contribution in [3.63, 3.8) is 0 Å². The number of halogens is 3. The third kappa shape index (κ3) is 4.88. The minimum Gasteiger partial charge on any atom is -0.410 e. The Morgan fingerprint density at radius 1 is 1.00 bits per heavy atom. The van der Waals surface area contributed by atoms with Crippen molar-refractivity contribution in [2.75, 3.05) is 7.05 Å². The van der Waals surface area contributed by atoms with Crippen LogP contribution in [0.15, 0.2) is 73.1 Å². The van der Waals surface area contributed by atoms with Gasteiger partial charge in [0.25, 0.3) is 0 Å². The van der Waals surface area contributed by atoms with Crippen molar-refractivity contribution < 1.29 is 22.7 Å². The Bertz CT molecular complexity index is 942. The number of carbonyl (C=O) groups is 1. The van der Waals surface area contributed by atoms with E-state index in [9.17, 15) is 18.0 Å². The van der Waals surface area contributed by atoms with Crippen LogP contribution in [0.1, 0.15) is 11.1 Å². The molecule has 0 saturated carbocycles. The van der Waals surface area contributed by atoms with Gasteiger partial charge in [0.2, 0.25) is 0 Å². The van der Waals surface area contributed by atoms with Gasteiger partial charge in [-0.2, -0.15) is 13.2 Å². The average Bonchev–Trinajstić information content (AvgIpc) is 2.68. The highest BCUT2D eigenvalue weighted by Crippen LogP contribution is 2.30. The summed E-state index contributed by atoms with van der Waals surface area (Å²) in [6.07, 6.45) is -1.68. The quantitative estimate of drug-likeness (QED) is 0.603. The van der Waals surface area contributed by atoms with E-state index >= 15 is 0 Å². The van der Waals surface area contributed by atoms with Crippen LogP contribution in [0.3, 0.4) is 0 Å². The van der Waals surface area contributed by atoms with Crippen LogP contribution in [0.4, 0.5) is 18.0 Å². The Kier molecular flexibility index (Phi) is 5.63. The SMILES string of the molecule is CN(Cc1cccc(-c2ccncc2)c1)C(=O)Oc1ccc(C(F)(F)F)cc1. The molecule has 0 saturated heterocycles. The second-order valence-corrected chi connectivity index (χ2v) is 6.18. The number of ether oxygens (including phenoxy) is 1. The van der Waals surface area contributed by atoms with Gasteiger partial charge in [-0.15, -0.1) is 0 Å². The standard InChI is InChI=1S/C21H17F3N2O2/c1-26(20(27)28-19-7-5-18(6-8-19)21(22,23)24)14-15-3-2-4-17(13-15)16-9-11-25-12-10-16/h2-13H,14H2,1H3. The number of pyridine rings is 1. The minimum atomic E-state index is -4.43. The second-order valence-electron chi connectivity index (χ2n) is 6.18. The van der Waals surface area contributed by atoms with Gasteiger partial charge in [-0.05, 0) is 59.2 Å². The molecule has 0 fully saturated rings. The first-order chi connectivity index (χ1) is 13.3. The maximum Gasteiger partial charge on any atom is 0.416 e. The van der Waals surface area contributed by atoms with E-state index in [1.807, 2.05) is 36.4 Å². The molecule has 3 aromatic rings. The number of benzene rings is 2. The lowest BCUT2D eigenvalue weighted by Crippen LogP contribution is -2.29. The zero-order chi connectivity index (χ0) is 20.1. The van der Waals surface area contributed by atoms with E-state index in [2.05, 4.69) is 4.98 Å². The number of hydrogen-bond donors (Lipinski definition) is 0. The molecule has 0 aliphatic carbocycles. The van der Waals surface area contributed by atoms with Crippen molar-refractivity contribution in [1.82, 2.24) is 9.88 Å². The van der Waals surface area contributed by atoms with Crippen molar-refractivity contribution in [3.8, 4) is 16.9 Å². The summed E-state index contributed by atoms with van der Waals surface area (Å²) >= 11 is 0. The van der Waals surface area contributed by atoms with E-state index in [-0.39, 0.29) is 5.75 Å². The zero-order valence-corrected chi connectivity index (χ0v) is 15.0. The Morgan fingerprint density at radius 3 is 2.32 bits per heavy atom. The summed E-state index contributed by atoms with van der Waals surface area (Å²) < 4.78 is 42.9. The molecule has 0 unspecified atom stereocenters. The fourth-order valence-electron chi connectivity index (χ4n) is 2.62. The minimum absolute atomic E-state index is 0.0513. The first-order valence-electron chi connectivity index (χ1n) is 8.42. The Balaban J connectivity index is 1.64. The Morgan fingerprint density at radius 2 is 1.68 bits per heavy atom. The highest BCUT2D eigenvalue weighted by atomic mass is 19.4. The molecular weight excluding hydrogens is 369 g/mol. The normalized spacial score (nSPS) is 11.1. The second kappa shape index (κ2) is 8.12. The molecule has 0 aliphatic rings. The van der Waals surface area contributed by atoms with Crippen LogP contribution >= 0.6 is 0 Å². The molecule has 0 aliphatic heterocycles. The molecule has 7 heteroatoms. The fourth-order valence-corrected chi connectivity index (χ4v) is 2.62. The van der Waals surface area contributed by atoms with E-state index in [4.69, 9.17) is 4.74 Å². The number of hydrogen-bond acceptors (Lipinski definition) is 3. The smallest absolute Gasteiger partial charge is 0.410 e. The molecule has 2 aromatic carbocycles. The van der Waals surface area contributed by atoms with Gasteiger partial charge < -0.3 is 9.64 Å². The molecule has 1 aromatic heterocycles. The third-order valence-corrected chi connectivity index (χ3v) is 4.06. The highest BCUT2D eigenvalue weighted by molar-refractivity contribution is 5.70. The molecular formula is C21H17F3N2O2. The third-order valence-electron chi connectivity index (χ3n) is 4.06. The number of nitrogens with zero attached hydrogens (tertiary/aromatic N) is 2. The van der Waals surface area contributed by atoms with Crippen molar-refractivity contribution in [2.24, 2.45) is 0 Å². The molecule has 0 atom stereocenters. The summed E-state index contributed by atoms with van der Waals surface area (Å²) in [5, 5.41) is 0. The van der Waals surface area contributed by atoms with Crippen LogP contribution in [0.2, 0.25) is 0 Å². The van der Waals surface area contributed by atoms with Crippen LogP contribution in [-0.2, 0) is 12.7 Å². The Labute approximate surface area is 160 Å². The number of alkyl halides is 3.